The summed E-state index contributed by atoms with van der Waals surface area (Å²) in [5.74, 6) is -1.96. The Morgan fingerprint density at radius 2 is 1.65 bits per heavy atom. The van der Waals surface area contributed by atoms with Crippen LogP contribution in [0, 0.1) is 0 Å². The SMILES string of the molecule is O=C(NN=Cc1ccc(OC(=O)c2cccc(Cl)c2)cc1)C(=O)Nc1ccc(Br)cc1. The van der Waals surface area contributed by atoms with E-state index in [1.54, 1.807) is 66.7 Å². The second-order valence-corrected chi connectivity index (χ2v) is 7.48. The lowest BCUT2D eigenvalue weighted by Crippen LogP contribution is -2.32. The van der Waals surface area contributed by atoms with Crippen LogP contribution in [0.4, 0.5) is 5.69 Å². The minimum absolute atomic E-state index is 0.333. The van der Waals surface area contributed by atoms with Crippen molar-refractivity contribution in [2.75, 3.05) is 5.32 Å². The number of halogens is 2. The average Bonchev–Trinajstić information content (AvgIpc) is 2.76. The van der Waals surface area contributed by atoms with Crippen LogP contribution in [-0.4, -0.2) is 24.0 Å². The summed E-state index contributed by atoms with van der Waals surface area (Å²) in [7, 11) is 0. The van der Waals surface area contributed by atoms with Gasteiger partial charge in [-0.15, -0.1) is 0 Å². The zero-order valence-corrected chi connectivity index (χ0v) is 18.2. The van der Waals surface area contributed by atoms with Crippen LogP contribution in [0.1, 0.15) is 15.9 Å². The van der Waals surface area contributed by atoms with E-state index in [1.807, 2.05) is 0 Å². The molecule has 2 amide bonds. The zero-order valence-electron chi connectivity index (χ0n) is 15.8. The van der Waals surface area contributed by atoms with E-state index < -0.39 is 17.8 Å². The van der Waals surface area contributed by atoms with Gasteiger partial charge in [0.1, 0.15) is 5.75 Å². The van der Waals surface area contributed by atoms with Crippen LogP contribution in [0.5, 0.6) is 5.75 Å². The van der Waals surface area contributed by atoms with E-state index in [-0.39, 0.29) is 0 Å². The molecule has 0 aliphatic rings. The maximum absolute atomic E-state index is 12.1. The van der Waals surface area contributed by atoms with Crippen molar-refractivity contribution in [3.63, 3.8) is 0 Å². The van der Waals surface area contributed by atoms with Crippen LogP contribution in [0.2, 0.25) is 5.02 Å². The molecule has 0 aromatic heterocycles. The van der Waals surface area contributed by atoms with Gasteiger partial charge in [0.15, 0.2) is 0 Å². The molecule has 9 heteroatoms. The number of rotatable bonds is 5. The van der Waals surface area contributed by atoms with Crippen molar-refractivity contribution in [1.29, 1.82) is 0 Å². The van der Waals surface area contributed by atoms with Crippen molar-refractivity contribution in [2.45, 2.75) is 0 Å². The first kappa shape index (κ1) is 22.2. The molecule has 0 heterocycles. The highest BCUT2D eigenvalue weighted by molar-refractivity contribution is 9.10. The number of anilines is 1. The monoisotopic (exact) mass is 499 g/mol. The molecule has 0 aliphatic carbocycles. The quantitative estimate of drug-likeness (QED) is 0.178. The Bertz CT molecular complexity index is 1130. The molecular weight excluding hydrogens is 486 g/mol. The molecule has 2 N–H and O–H groups in total. The summed E-state index contributed by atoms with van der Waals surface area (Å²) in [6.07, 6.45) is 1.35. The Balaban J connectivity index is 1.50. The van der Waals surface area contributed by atoms with E-state index in [9.17, 15) is 14.4 Å². The summed E-state index contributed by atoms with van der Waals surface area (Å²) in [6.45, 7) is 0. The van der Waals surface area contributed by atoms with E-state index in [0.717, 1.165) is 4.47 Å². The van der Waals surface area contributed by atoms with Gasteiger partial charge in [0.05, 0.1) is 11.8 Å². The zero-order chi connectivity index (χ0) is 22.2. The first-order chi connectivity index (χ1) is 14.9. The topological polar surface area (TPSA) is 96.9 Å². The summed E-state index contributed by atoms with van der Waals surface area (Å²) < 4.78 is 6.13. The lowest BCUT2D eigenvalue weighted by Gasteiger charge is -2.05. The molecule has 0 unspecified atom stereocenters. The second kappa shape index (κ2) is 10.5. The average molecular weight is 501 g/mol. The van der Waals surface area contributed by atoms with Crippen molar-refractivity contribution in [2.24, 2.45) is 5.10 Å². The van der Waals surface area contributed by atoms with Crippen LogP contribution < -0.4 is 15.5 Å². The molecule has 31 heavy (non-hydrogen) atoms. The van der Waals surface area contributed by atoms with Gasteiger partial charge in [-0.1, -0.05) is 33.6 Å². The third-order valence-electron chi connectivity index (χ3n) is 3.84. The van der Waals surface area contributed by atoms with Gasteiger partial charge in [-0.05, 0) is 72.3 Å². The van der Waals surface area contributed by atoms with Crippen LogP contribution in [0.3, 0.4) is 0 Å². The molecule has 0 aliphatic heterocycles. The van der Waals surface area contributed by atoms with Crippen molar-refractivity contribution < 1.29 is 19.1 Å². The number of ether oxygens (including phenoxy) is 1. The molecule has 0 atom stereocenters. The number of benzene rings is 3. The van der Waals surface area contributed by atoms with Gasteiger partial charge in [0, 0.05) is 15.2 Å². The Morgan fingerprint density at radius 1 is 0.935 bits per heavy atom. The van der Waals surface area contributed by atoms with E-state index >= 15 is 0 Å². The number of esters is 1. The van der Waals surface area contributed by atoms with Gasteiger partial charge >= 0.3 is 17.8 Å². The Labute approximate surface area is 191 Å². The Morgan fingerprint density at radius 3 is 2.32 bits per heavy atom. The molecule has 0 spiro atoms. The maximum atomic E-state index is 12.1. The molecule has 0 radical (unpaired) electrons. The largest absolute Gasteiger partial charge is 0.423 e. The van der Waals surface area contributed by atoms with Gasteiger partial charge in [0.25, 0.3) is 0 Å². The first-order valence-corrected chi connectivity index (χ1v) is 10.1. The number of hydrazone groups is 1. The van der Waals surface area contributed by atoms with Crippen LogP contribution in [-0.2, 0) is 9.59 Å². The van der Waals surface area contributed by atoms with E-state index in [2.05, 4.69) is 31.8 Å². The minimum atomic E-state index is -0.911. The summed E-state index contributed by atoms with van der Waals surface area (Å²) >= 11 is 9.16. The van der Waals surface area contributed by atoms with Crippen molar-refractivity contribution in [3.8, 4) is 5.75 Å². The van der Waals surface area contributed by atoms with Crippen molar-refractivity contribution in [1.82, 2.24) is 5.43 Å². The van der Waals surface area contributed by atoms with Crippen molar-refractivity contribution >= 4 is 57.2 Å². The highest BCUT2D eigenvalue weighted by Gasteiger charge is 2.13. The number of hydrogen-bond donors (Lipinski definition) is 2. The molecule has 0 fully saturated rings. The summed E-state index contributed by atoms with van der Waals surface area (Å²) in [6, 6.07) is 19.6. The number of carbonyl (C=O) groups is 3. The molecule has 3 rings (SSSR count). The molecule has 0 saturated heterocycles. The summed E-state index contributed by atoms with van der Waals surface area (Å²) in [4.78, 5) is 35.8. The van der Waals surface area contributed by atoms with Gasteiger partial charge in [0.2, 0.25) is 0 Å². The molecule has 0 bridgehead atoms. The van der Waals surface area contributed by atoms with Crippen LogP contribution in [0.15, 0.2) is 82.4 Å². The summed E-state index contributed by atoms with van der Waals surface area (Å²) in [5.41, 5.74) is 3.59. The first-order valence-electron chi connectivity index (χ1n) is 8.88. The van der Waals surface area contributed by atoms with Crippen LogP contribution in [0.25, 0.3) is 0 Å². The normalized spacial score (nSPS) is 10.5. The lowest BCUT2D eigenvalue weighted by atomic mass is 10.2. The summed E-state index contributed by atoms with van der Waals surface area (Å²) in [5, 5.41) is 6.65. The number of nitrogens with one attached hydrogen (secondary N) is 2. The van der Waals surface area contributed by atoms with Gasteiger partial charge in [-0.25, -0.2) is 10.2 Å². The smallest absolute Gasteiger partial charge is 0.343 e. The highest BCUT2D eigenvalue weighted by atomic mass is 79.9. The van der Waals surface area contributed by atoms with Crippen LogP contribution >= 0.6 is 27.5 Å². The lowest BCUT2D eigenvalue weighted by molar-refractivity contribution is -0.136. The minimum Gasteiger partial charge on any atom is -0.423 e. The highest BCUT2D eigenvalue weighted by Crippen LogP contribution is 2.16. The third-order valence-corrected chi connectivity index (χ3v) is 4.60. The second-order valence-electron chi connectivity index (χ2n) is 6.13. The molecule has 156 valence electrons. The fourth-order valence-corrected chi connectivity index (χ4v) is 2.80. The third kappa shape index (κ3) is 6.77. The number of hydrogen-bond acceptors (Lipinski definition) is 5. The van der Waals surface area contributed by atoms with Gasteiger partial charge in [-0.2, -0.15) is 5.10 Å². The van der Waals surface area contributed by atoms with Gasteiger partial charge < -0.3 is 10.1 Å². The molecular formula is C22H15BrClN3O4. The van der Waals surface area contributed by atoms with Crippen molar-refractivity contribution in [3.05, 3.63) is 93.4 Å². The number of carbonyl (C=O) groups excluding carboxylic acids is 3. The van der Waals surface area contributed by atoms with E-state index in [4.69, 9.17) is 16.3 Å². The molecule has 0 saturated carbocycles. The predicted octanol–water partition coefficient (Wildman–Crippen LogP) is 4.41. The predicted molar refractivity (Wildman–Crippen MR) is 121 cm³/mol. The van der Waals surface area contributed by atoms with Gasteiger partial charge in [-0.3, -0.25) is 9.59 Å². The maximum Gasteiger partial charge on any atom is 0.343 e. The fourth-order valence-electron chi connectivity index (χ4n) is 2.34. The molecule has 3 aromatic rings. The van der Waals surface area contributed by atoms with E-state index in [1.165, 1.54) is 12.3 Å². The Hall–Kier alpha value is -3.49. The Kier molecular flexibility index (Phi) is 7.53. The number of nitrogens with zero attached hydrogens (tertiary/aromatic N) is 1. The standard InChI is InChI=1S/C22H15BrClN3O4/c23-16-6-8-18(9-7-16)26-20(28)21(29)27-25-13-14-4-10-19(11-5-14)31-22(30)15-2-1-3-17(24)12-15/h1-13H,(H,26,28)(H,27,29). The molecule has 3 aromatic carbocycles. The fraction of sp³-hybridized carbons (Fsp3) is 0. The number of amides is 2. The van der Waals surface area contributed by atoms with E-state index in [0.29, 0.717) is 27.6 Å². The molecule has 7 nitrogen and oxygen atoms in total.